The zero-order valence-corrected chi connectivity index (χ0v) is 13.0. The molecule has 0 heterocycles. The Hall–Kier alpha value is -3.16. The van der Waals surface area contributed by atoms with E-state index in [1.165, 1.54) is 49.6 Å². The zero-order chi connectivity index (χ0) is 17.9. The lowest BCUT2D eigenvalue weighted by Crippen LogP contribution is -2.32. The highest BCUT2D eigenvalue weighted by Gasteiger charge is 2.24. The SMILES string of the molecule is COc1cc(C(C)N(C(=O)O)c2ccc([N+](=O)[O-])cc2)ccc1F. The van der Waals surface area contributed by atoms with Crippen molar-refractivity contribution in [3.05, 3.63) is 64.0 Å². The minimum atomic E-state index is -1.24. The van der Waals surface area contributed by atoms with E-state index < -0.39 is 22.9 Å². The first-order valence-corrected chi connectivity index (χ1v) is 6.95. The summed E-state index contributed by atoms with van der Waals surface area (Å²) in [7, 11) is 1.32. The zero-order valence-electron chi connectivity index (χ0n) is 13.0. The molecule has 0 radical (unpaired) electrons. The molecule has 0 aliphatic heterocycles. The number of hydrogen-bond donors (Lipinski definition) is 1. The quantitative estimate of drug-likeness (QED) is 0.659. The van der Waals surface area contributed by atoms with Gasteiger partial charge in [0.25, 0.3) is 5.69 Å². The minimum absolute atomic E-state index is 0.00777. The van der Waals surface area contributed by atoms with Gasteiger partial charge in [-0.1, -0.05) is 6.07 Å². The molecule has 8 heteroatoms. The molecule has 0 spiro atoms. The van der Waals surface area contributed by atoms with Crippen molar-refractivity contribution in [3.8, 4) is 5.75 Å². The predicted molar refractivity (Wildman–Crippen MR) is 85.0 cm³/mol. The third kappa shape index (κ3) is 3.43. The number of anilines is 1. The summed E-state index contributed by atoms with van der Waals surface area (Å²) < 4.78 is 18.4. The summed E-state index contributed by atoms with van der Waals surface area (Å²) in [5, 5.41) is 20.2. The Morgan fingerprint density at radius 3 is 2.42 bits per heavy atom. The van der Waals surface area contributed by atoms with Crippen molar-refractivity contribution >= 4 is 17.5 Å². The van der Waals surface area contributed by atoms with E-state index in [0.717, 1.165) is 4.90 Å². The maximum Gasteiger partial charge on any atom is 0.412 e. The van der Waals surface area contributed by atoms with Gasteiger partial charge in [0.1, 0.15) is 0 Å². The average molecular weight is 334 g/mol. The van der Waals surface area contributed by atoms with Crippen LogP contribution in [0.3, 0.4) is 0 Å². The lowest BCUT2D eigenvalue weighted by atomic mass is 10.1. The van der Waals surface area contributed by atoms with Crippen LogP contribution < -0.4 is 9.64 Å². The van der Waals surface area contributed by atoms with Gasteiger partial charge in [-0.3, -0.25) is 15.0 Å². The molecule has 0 saturated heterocycles. The molecule has 0 bridgehead atoms. The van der Waals surface area contributed by atoms with E-state index in [-0.39, 0.29) is 17.1 Å². The summed E-state index contributed by atoms with van der Waals surface area (Å²) in [6.07, 6.45) is -1.24. The molecular weight excluding hydrogens is 319 g/mol. The first-order valence-electron chi connectivity index (χ1n) is 6.95. The Morgan fingerprint density at radius 2 is 1.92 bits per heavy atom. The highest BCUT2D eigenvalue weighted by atomic mass is 19.1. The number of hydrogen-bond acceptors (Lipinski definition) is 4. The summed E-state index contributed by atoms with van der Waals surface area (Å²) in [5.74, 6) is -0.543. The molecule has 1 N–H and O–H groups in total. The van der Waals surface area contributed by atoms with E-state index >= 15 is 0 Å². The van der Waals surface area contributed by atoms with Gasteiger partial charge in [-0.2, -0.15) is 0 Å². The Bertz CT molecular complexity index is 764. The molecule has 0 aliphatic carbocycles. The summed E-state index contributed by atoms with van der Waals surface area (Å²) in [4.78, 5) is 22.8. The van der Waals surface area contributed by atoms with Crippen LogP contribution in [0, 0.1) is 15.9 Å². The molecule has 0 aliphatic rings. The van der Waals surface area contributed by atoms with E-state index in [4.69, 9.17) is 4.74 Å². The minimum Gasteiger partial charge on any atom is -0.494 e. The Kier molecular flexibility index (Phi) is 4.98. The van der Waals surface area contributed by atoms with Crippen molar-refractivity contribution in [1.29, 1.82) is 0 Å². The third-order valence-electron chi connectivity index (χ3n) is 3.59. The van der Waals surface area contributed by atoms with E-state index in [9.17, 15) is 24.4 Å². The number of benzene rings is 2. The molecule has 0 aromatic heterocycles. The van der Waals surface area contributed by atoms with Gasteiger partial charge in [-0.05, 0) is 36.8 Å². The first-order chi connectivity index (χ1) is 11.3. The summed E-state index contributed by atoms with van der Waals surface area (Å²) >= 11 is 0. The largest absolute Gasteiger partial charge is 0.494 e. The van der Waals surface area contributed by atoms with Crippen molar-refractivity contribution in [2.24, 2.45) is 0 Å². The van der Waals surface area contributed by atoms with Crippen LogP contribution in [0.15, 0.2) is 42.5 Å². The number of nitro benzene ring substituents is 1. The second kappa shape index (κ2) is 6.95. The topological polar surface area (TPSA) is 92.9 Å². The number of halogens is 1. The van der Waals surface area contributed by atoms with Crippen LogP contribution >= 0.6 is 0 Å². The van der Waals surface area contributed by atoms with Crippen LogP contribution in [-0.2, 0) is 0 Å². The Labute approximate surface area is 137 Å². The van der Waals surface area contributed by atoms with Crippen LogP contribution in [0.25, 0.3) is 0 Å². The molecule has 0 fully saturated rings. The molecule has 0 saturated carbocycles. The number of nitro groups is 1. The van der Waals surface area contributed by atoms with E-state index in [0.29, 0.717) is 5.56 Å². The van der Waals surface area contributed by atoms with Gasteiger partial charge in [-0.25, -0.2) is 9.18 Å². The van der Waals surface area contributed by atoms with Crippen LogP contribution in [-0.4, -0.2) is 23.2 Å². The smallest absolute Gasteiger partial charge is 0.412 e. The van der Waals surface area contributed by atoms with Crippen molar-refractivity contribution in [2.75, 3.05) is 12.0 Å². The fraction of sp³-hybridized carbons (Fsp3) is 0.188. The fourth-order valence-electron chi connectivity index (χ4n) is 2.32. The Balaban J connectivity index is 2.39. The van der Waals surface area contributed by atoms with E-state index in [1.807, 2.05) is 0 Å². The van der Waals surface area contributed by atoms with Gasteiger partial charge in [0.05, 0.1) is 18.1 Å². The van der Waals surface area contributed by atoms with Crippen LogP contribution in [0.5, 0.6) is 5.75 Å². The van der Waals surface area contributed by atoms with Crippen molar-refractivity contribution in [1.82, 2.24) is 0 Å². The molecule has 1 atom stereocenters. The molecule has 2 aromatic rings. The van der Waals surface area contributed by atoms with Crippen LogP contribution in [0.4, 0.5) is 20.6 Å². The van der Waals surface area contributed by atoms with Gasteiger partial charge in [0.2, 0.25) is 0 Å². The second-order valence-electron chi connectivity index (χ2n) is 5.00. The molecule has 24 heavy (non-hydrogen) atoms. The predicted octanol–water partition coefficient (Wildman–Crippen LogP) is 3.99. The van der Waals surface area contributed by atoms with E-state index in [1.54, 1.807) is 6.92 Å². The van der Waals surface area contributed by atoms with Crippen molar-refractivity contribution < 1.29 is 24.0 Å². The summed E-state index contributed by atoms with van der Waals surface area (Å²) in [5.41, 5.74) is 0.651. The summed E-state index contributed by atoms with van der Waals surface area (Å²) in [6.45, 7) is 1.63. The fourth-order valence-corrected chi connectivity index (χ4v) is 2.32. The number of non-ortho nitro benzene ring substituents is 1. The third-order valence-corrected chi connectivity index (χ3v) is 3.59. The van der Waals surface area contributed by atoms with Crippen LogP contribution in [0.1, 0.15) is 18.5 Å². The van der Waals surface area contributed by atoms with Crippen LogP contribution in [0.2, 0.25) is 0 Å². The van der Waals surface area contributed by atoms with Gasteiger partial charge >= 0.3 is 6.09 Å². The molecule has 7 nitrogen and oxygen atoms in total. The number of nitrogens with zero attached hydrogens (tertiary/aromatic N) is 2. The molecule has 2 rings (SSSR count). The first kappa shape index (κ1) is 17.2. The molecule has 1 amide bonds. The second-order valence-corrected chi connectivity index (χ2v) is 5.00. The average Bonchev–Trinajstić information content (AvgIpc) is 2.55. The Morgan fingerprint density at radius 1 is 1.29 bits per heavy atom. The van der Waals surface area contributed by atoms with E-state index in [2.05, 4.69) is 0 Å². The molecule has 2 aromatic carbocycles. The highest BCUT2D eigenvalue weighted by molar-refractivity contribution is 5.87. The number of rotatable bonds is 5. The number of methoxy groups -OCH3 is 1. The maximum atomic E-state index is 13.5. The summed E-state index contributed by atoms with van der Waals surface area (Å²) in [6, 6.07) is 8.57. The van der Waals surface area contributed by atoms with Gasteiger partial charge < -0.3 is 9.84 Å². The molecule has 1 unspecified atom stereocenters. The standard InChI is InChI=1S/C16H15FN2O5/c1-10(11-3-8-14(17)15(9-11)24-2)18(16(20)21)12-4-6-13(7-5-12)19(22)23/h3-10H,1-2H3,(H,20,21). The molecule has 126 valence electrons. The number of carboxylic acid groups (broad SMARTS) is 1. The monoisotopic (exact) mass is 334 g/mol. The van der Waals surface area contributed by atoms with Gasteiger partial charge in [0.15, 0.2) is 11.6 Å². The normalized spacial score (nSPS) is 11.6. The number of amides is 1. The lowest BCUT2D eigenvalue weighted by molar-refractivity contribution is -0.384. The van der Waals surface area contributed by atoms with Gasteiger partial charge in [-0.15, -0.1) is 0 Å². The lowest BCUT2D eigenvalue weighted by Gasteiger charge is -2.27. The molecular formula is C16H15FN2O5. The highest BCUT2D eigenvalue weighted by Crippen LogP contribution is 2.31. The van der Waals surface area contributed by atoms with Crippen molar-refractivity contribution in [3.63, 3.8) is 0 Å². The maximum absolute atomic E-state index is 13.5. The van der Waals surface area contributed by atoms with Crippen molar-refractivity contribution in [2.45, 2.75) is 13.0 Å². The number of carbonyl (C=O) groups is 1. The van der Waals surface area contributed by atoms with Gasteiger partial charge in [0, 0.05) is 17.8 Å². The number of ether oxygens (including phenoxy) is 1.